The zero-order chi connectivity index (χ0) is 19.5. The van der Waals surface area contributed by atoms with Gasteiger partial charge < -0.3 is 4.74 Å². The Morgan fingerprint density at radius 1 is 1.00 bits per heavy atom. The molecule has 0 aromatic carbocycles. The van der Waals surface area contributed by atoms with Crippen molar-refractivity contribution in [1.29, 1.82) is 0 Å². The highest BCUT2D eigenvalue weighted by Gasteiger charge is 2.34. The van der Waals surface area contributed by atoms with Crippen molar-refractivity contribution in [3.63, 3.8) is 0 Å². The van der Waals surface area contributed by atoms with Gasteiger partial charge >= 0.3 is 0 Å². The first-order valence-electron chi connectivity index (χ1n) is 11.0. The standard InChI is InChI=1S/C24H45NO/c1-18-13-19(2)15-25(14-18)20(3)16-26-22-11-9-21(10-12-22)24(7,8)17-23(4,5)6/h9,11,18-22H,10,12-17H2,1-8H3. The van der Waals surface area contributed by atoms with Crippen LogP contribution in [0.3, 0.4) is 0 Å². The Kier molecular flexibility index (Phi) is 7.41. The SMILES string of the molecule is CC1CC(C)CN(C(C)COC2C=CC(C(C)(C)CC(C)(C)C)CC2)C1. The van der Waals surface area contributed by atoms with Gasteiger partial charge in [-0.1, -0.05) is 60.6 Å². The monoisotopic (exact) mass is 363 g/mol. The van der Waals surface area contributed by atoms with E-state index < -0.39 is 0 Å². The highest BCUT2D eigenvalue weighted by atomic mass is 16.5. The van der Waals surface area contributed by atoms with Gasteiger partial charge in [-0.15, -0.1) is 0 Å². The van der Waals surface area contributed by atoms with Crippen molar-refractivity contribution in [3.8, 4) is 0 Å². The van der Waals surface area contributed by atoms with Crippen molar-refractivity contribution in [3.05, 3.63) is 12.2 Å². The molecular formula is C24H45NO. The molecule has 0 bridgehead atoms. The lowest BCUT2D eigenvalue weighted by molar-refractivity contribution is 0.00357. The summed E-state index contributed by atoms with van der Waals surface area (Å²) in [5.41, 5.74) is 0.760. The molecule has 26 heavy (non-hydrogen) atoms. The topological polar surface area (TPSA) is 12.5 Å². The van der Waals surface area contributed by atoms with Crippen molar-refractivity contribution in [2.45, 2.75) is 93.2 Å². The summed E-state index contributed by atoms with van der Waals surface area (Å²) in [6.07, 6.45) is 10.2. The van der Waals surface area contributed by atoms with Crippen molar-refractivity contribution in [1.82, 2.24) is 4.90 Å². The molecule has 5 unspecified atom stereocenters. The van der Waals surface area contributed by atoms with E-state index in [-0.39, 0.29) is 0 Å². The number of likely N-dealkylation sites (tertiary alicyclic amines) is 1. The molecule has 2 rings (SSSR count). The maximum Gasteiger partial charge on any atom is 0.0756 e. The molecule has 2 aliphatic rings. The first-order chi connectivity index (χ1) is 12.0. The molecule has 0 radical (unpaired) electrons. The van der Waals surface area contributed by atoms with Gasteiger partial charge in [-0.25, -0.2) is 0 Å². The van der Waals surface area contributed by atoms with Crippen LogP contribution < -0.4 is 0 Å². The average molecular weight is 364 g/mol. The molecule has 1 aliphatic heterocycles. The minimum absolute atomic E-state index is 0.318. The van der Waals surface area contributed by atoms with E-state index in [1.165, 1.54) is 38.8 Å². The average Bonchev–Trinajstić information content (AvgIpc) is 2.49. The summed E-state index contributed by atoms with van der Waals surface area (Å²) >= 11 is 0. The predicted octanol–water partition coefficient (Wildman–Crippen LogP) is 6.17. The van der Waals surface area contributed by atoms with E-state index in [1.54, 1.807) is 0 Å². The molecule has 0 aromatic rings. The largest absolute Gasteiger partial charge is 0.373 e. The Morgan fingerprint density at radius 3 is 2.12 bits per heavy atom. The minimum atomic E-state index is 0.318. The van der Waals surface area contributed by atoms with Crippen LogP contribution >= 0.6 is 0 Å². The number of ether oxygens (including phenoxy) is 1. The lowest BCUT2D eigenvalue weighted by Crippen LogP contribution is -2.46. The maximum absolute atomic E-state index is 6.30. The molecule has 1 heterocycles. The van der Waals surface area contributed by atoms with E-state index in [0.717, 1.165) is 18.4 Å². The van der Waals surface area contributed by atoms with Gasteiger partial charge in [-0.3, -0.25) is 4.90 Å². The maximum atomic E-state index is 6.30. The van der Waals surface area contributed by atoms with Crippen LogP contribution in [0.2, 0.25) is 0 Å². The number of piperidine rings is 1. The highest BCUT2D eigenvalue weighted by molar-refractivity contribution is 5.04. The van der Waals surface area contributed by atoms with Crippen LogP contribution in [0, 0.1) is 28.6 Å². The second-order valence-electron chi connectivity index (χ2n) is 11.4. The lowest BCUT2D eigenvalue weighted by atomic mass is 9.66. The van der Waals surface area contributed by atoms with Crippen LogP contribution in [0.25, 0.3) is 0 Å². The molecular weight excluding hydrogens is 318 g/mol. The van der Waals surface area contributed by atoms with E-state index in [9.17, 15) is 0 Å². The summed E-state index contributed by atoms with van der Waals surface area (Å²) in [6.45, 7) is 22.4. The fourth-order valence-electron chi connectivity index (χ4n) is 5.52. The normalized spacial score (nSPS) is 32.6. The molecule has 0 spiro atoms. The van der Waals surface area contributed by atoms with Gasteiger partial charge in [0.2, 0.25) is 0 Å². The van der Waals surface area contributed by atoms with Crippen LogP contribution in [0.5, 0.6) is 0 Å². The summed E-state index contributed by atoms with van der Waals surface area (Å²) in [7, 11) is 0. The van der Waals surface area contributed by atoms with Crippen LogP contribution in [0.1, 0.15) is 81.1 Å². The molecule has 1 fully saturated rings. The molecule has 2 heteroatoms. The summed E-state index contributed by atoms with van der Waals surface area (Å²) in [5, 5.41) is 0. The van der Waals surface area contributed by atoms with Gasteiger partial charge in [-0.2, -0.15) is 0 Å². The van der Waals surface area contributed by atoms with Crippen molar-refractivity contribution >= 4 is 0 Å². The Bertz CT molecular complexity index is 451. The van der Waals surface area contributed by atoms with Crippen molar-refractivity contribution < 1.29 is 4.74 Å². The molecule has 0 amide bonds. The Hall–Kier alpha value is -0.340. The summed E-state index contributed by atoms with van der Waals surface area (Å²) in [4.78, 5) is 2.64. The smallest absolute Gasteiger partial charge is 0.0756 e. The van der Waals surface area contributed by atoms with E-state index in [2.05, 4.69) is 72.4 Å². The number of allylic oxidation sites excluding steroid dienone is 1. The van der Waals surface area contributed by atoms with Gasteiger partial charge in [0, 0.05) is 19.1 Å². The molecule has 2 nitrogen and oxygen atoms in total. The molecule has 152 valence electrons. The minimum Gasteiger partial charge on any atom is -0.373 e. The molecule has 0 aromatic heterocycles. The van der Waals surface area contributed by atoms with Crippen LogP contribution in [0.4, 0.5) is 0 Å². The Balaban J connectivity index is 1.80. The Labute approximate surface area is 163 Å². The summed E-state index contributed by atoms with van der Waals surface area (Å²) in [5.74, 6) is 2.32. The summed E-state index contributed by atoms with van der Waals surface area (Å²) < 4.78 is 6.30. The predicted molar refractivity (Wildman–Crippen MR) is 113 cm³/mol. The first kappa shape index (κ1) is 22.0. The zero-order valence-electron chi connectivity index (χ0n) is 18.8. The third-order valence-corrected chi connectivity index (χ3v) is 6.38. The first-order valence-corrected chi connectivity index (χ1v) is 11.0. The molecule has 0 N–H and O–H groups in total. The number of rotatable bonds is 6. The van der Waals surface area contributed by atoms with E-state index in [4.69, 9.17) is 4.74 Å². The third kappa shape index (κ3) is 6.68. The van der Waals surface area contributed by atoms with Gasteiger partial charge in [0.15, 0.2) is 0 Å². The number of hydrogen-bond donors (Lipinski definition) is 0. The van der Waals surface area contributed by atoms with Crippen molar-refractivity contribution in [2.24, 2.45) is 28.6 Å². The highest BCUT2D eigenvalue weighted by Crippen LogP contribution is 2.43. The van der Waals surface area contributed by atoms with Gasteiger partial charge in [0.05, 0.1) is 12.7 Å². The molecule has 1 aliphatic carbocycles. The Morgan fingerprint density at radius 2 is 1.62 bits per heavy atom. The van der Waals surface area contributed by atoms with Crippen molar-refractivity contribution in [2.75, 3.05) is 19.7 Å². The number of nitrogens with zero attached hydrogens (tertiary/aromatic N) is 1. The quantitative estimate of drug-likeness (QED) is 0.523. The van der Waals surface area contributed by atoms with Gasteiger partial charge in [0.25, 0.3) is 0 Å². The fourth-order valence-corrected chi connectivity index (χ4v) is 5.52. The van der Waals surface area contributed by atoms with E-state index in [1.807, 2.05) is 0 Å². The second kappa shape index (κ2) is 8.78. The lowest BCUT2D eigenvalue weighted by Gasteiger charge is -2.41. The third-order valence-electron chi connectivity index (χ3n) is 6.38. The molecule has 5 atom stereocenters. The van der Waals surface area contributed by atoms with Crippen LogP contribution in [-0.4, -0.2) is 36.7 Å². The second-order valence-corrected chi connectivity index (χ2v) is 11.4. The number of hydrogen-bond acceptors (Lipinski definition) is 2. The summed E-state index contributed by atoms with van der Waals surface area (Å²) in [6, 6.07) is 0.531. The van der Waals surface area contributed by atoms with Crippen LogP contribution in [-0.2, 0) is 4.74 Å². The molecule has 1 saturated heterocycles. The van der Waals surface area contributed by atoms with Crippen LogP contribution in [0.15, 0.2) is 12.2 Å². The fraction of sp³-hybridized carbons (Fsp3) is 0.917. The zero-order valence-corrected chi connectivity index (χ0v) is 18.8. The molecule has 0 saturated carbocycles. The van der Waals surface area contributed by atoms with Gasteiger partial charge in [-0.05, 0) is 61.2 Å². The van der Waals surface area contributed by atoms with E-state index >= 15 is 0 Å². The van der Waals surface area contributed by atoms with E-state index in [0.29, 0.717) is 28.9 Å². The van der Waals surface area contributed by atoms with Gasteiger partial charge in [0.1, 0.15) is 0 Å².